The van der Waals surface area contributed by atoms with Gasteiger partial charge in [-0.1, -0.05) is 18.7 Å². The molecule has 0 aromatic heterocycles. The van der Waals surface area contributed by atoms with E-state index in [-0.39, 0.29) is 24.8 Å². The molecule has 0 saturated carbocycles. The molecule has 0 amide bonds. The van der Waals surface area contributed by atoms with E-state index < -0.39 is 8.07 Å². The Kier molecular flexibility index (Phi) is 7.81. The Balaban J connectivity index is 0.000000190. The van der Waals surface area contributed by atoms with E-state index >= 15 is 0 Å². The summed E-state index contributed by atoms with van der Waals surface area (Å²) in [4.78, 5) is 4.19. The molecule has 2 aromatic rings. The summed E-state index contributed by atoms with van der Waals surface area (Å²) in [6.07, 6.45) is 6.49. The van der Waals surface area contributed by atoms with Crippen LogP contribution in [-0.2, 0) is 24.7 Å². The van der Waals surface area contributed by atoms with E-state index in [0.717, 1.165) is 0 Å². The molecule has 2 aliphatic carbocycles. The van der Waals surface area contributed by atoms with Gasteiger partial charge in [-0.05, 0) is 17.3 Å². The fourth-order valence-corrected chi connectivity index (χ4v) is 11.3. The molecule has 3 aliphatic heterocycles. The first-order valence-corrected chi connectivity index (χ1v) is 15.6. The minimum Gasteiger partial charge on any atom is -1.00 e. The van der Waals surface area contributed by atoms with Crippen LogP contribution in [0.4, 0.5) is 0 Å². The molecule has 0 radical (unpaired) electrons. The van der Waals surface area contributed by atoms with Gasteiger partial charge >= 0.3 is 131 Å². The molecule has 0 N–H and O–H groups in total. The molecule has 1 unspecified atom stereocenters. The summed E-state index contributed by atoms with van der Waals surface area (Å²) in [6.45, 7) is 11.7. The van der Waals surface area contributed by atoms with Crippen LogP contribution in [0.1, 0.15) is 35.5 Å². The Labute approximate surface area is 226 Å². The summed E-state index contributed by atoms with van der Waals surface area (Å²) in [5, 5.41) is 3.31. The van der Waals surface area contributed by atoms with Crippen LogP contribution in [0, 0.1) is 5.92 Å². The quantitative estimate of drug-likeness (QED) is 0.486. The van der Waals surface area contributed by atoms with Crippen molar-refractivity contribution in [3.05, 3.63) is 98.5 Å². The smallest absolute Gasteiger partial charge is 0.114 e. The number of halogens is 2. The van der Waals surface area contributed by atoms with Crippen molar-refractivity contribution < 1.29 is 49.5 Å². The first-order chi connectivity index (χ1) is 14.8. The predicted molar refractivity (Wildman–Crippen MR) is 131 cm³/mol. The summed E-state index contributed by atoms with van der Waals surface area (Å²) in [6, 6.07) is 17.5. The molecular weight excluding hydrogens is 541 g/mol. The first-order valence-electron chi connectivity index (χ1n) is 11.1. The summed E-state index contributed by atoms with van der Waals surface area (Å²) < 4.78 is 0.644. The van der Waals surface area contributed by atoms with Crippen molar-refractivity contribution >= 4 is 20.4 Å². The minimum absolute atomic E-state index is 0. The number of rotatable bonds is 2. The fraction of sp³-hybridized carbons (Fsp3) is 0.250. The summed E-state index contributed by atoms with van der Waals surface area (Å²) in [5.41, 5.74) is 11.7. The zero-order valence-electron chi connectivity index (χ0n) is 19.7. The van der Waals surface area contributed by atoms with Crippen LogP contribution in [0.5, 0.6) is 0 Å². The van der Waals surface area contributed by atoms with E-state index in [1.807, 2.05) is 12.4 Å². The van der Waals surface area contributed by atoms with Crippen LogP contribution in [0.15, 0.2) is 92.4 Å². The molecule has 7 rings (SSSR count). The van der Waals surface area contributed by atoms with Crippen molar-refractivity contribution in [1.29, 1.82) is 0 Å². The van der Waals surface area contributed by atoms with Gasteiger partial charge in [0.1, 0.15) is 8.07 Å². The maximum absolute atomic E-state index is 4.19. The van der Waals surface area contributed by atoms with Gasteiger partial charge in [-0.2, -0.15) is 0 Å². The SMILES string of the molecule is CC(C)C1=Cc2c(-c3ccccc3)cccc2[CH]1[Zr+2].CC1=C2C3=CN=CC3=C1[Si]2(C)C.[Cl-].[Cl-]. The third-order valence-corrected chi connectivity index (χ3v) is 12.5. The second-order valence-corrected chi connectivity index (χ2v) is 15.3. The molecule has 0 spiro atoms. The molecule has 5 aliphatic rings. The molecule has 2 aromatic carbocycles. The normalized spacial score (nSPS) is 20.2. The topological polar surface area (TPSA) is 12.4 Å². The average Bonchev–Trinajstić information content (AvgIpc) is 3.45. The number of aliphatic imine (C=N–C) groups is 1. The van der Waals surface area contributed by atoms with Gasteiger partial charge < -0.3 is 24.8 Å². The van der Waals surface area contributed by atoms with Crippen molar-refractivity contribution in [2.24, 2.45) is 10.9 Å². The third kappa shape index (κ3) is 4.10. The summed E-state index contributed by atoms with van der Waals surface area (Å²) in [7, 11) is -1.11. The molecule has 1 atom stereocenters. The van der Waals surface area contributed by atoms with Gasteiger partial charge in [0.2, 0.25) is 0 Å². The molecule has 3 heterocycles. The number of benzene rings is 2. The Hall–Kier alpha value is -1.25. The van der Waals surface area contributed by atoms with Crippen LogP contribution in [0.25, 0.3) is 17.2 Å². The van der Waals surface area contributed by atoms with E-state index in [0.29, 0.717) is 9.54 Å². The zero-order chi connectivity index (χ0) is 21.9. The van der Waals surface area contributed by atoms with Gasteiger partial charge in [-0.25, -0.2) is 0 Å². The minimum atomic E-state index is -1.11. The van der Waals surface area contributed by atoms with Crippen molar-refractivity contribution in [3.8, 4) is 11.1 Å². The van der Waals surface area contributed by atoms with E-state index in [1.165, 1.54) is 33.4 Å². The zero-order valence-corrected chi connectivity index (χ0v) is 24.7. The average molecular weight is 569 g/mol. The van der Waals surface area contributed by atoms with E-state index in [1.54, 1.807) is 46.3 Å². The van der Waals surface area contributed by atoms with Crippen molar-refractivity contribution in [1.82, 2.24) is 0 Å². The van der Waals surface area contributed by atoms with Crippen molar-refractivity contribution in [2.45, 2.75) is 37.5 Å². The predicted octanol–water partition coefficient (Wildman–Crippen LogP) is 1.38. The maximum Gasteiger partial charge on any atom is 0.114 e. The molecular formula is C28H28Cl2NSiZr. The molecule has 0 fully saturated rings. The number of fused-ring (bicyclic) bond motifs is 1. The molecule has 0 saturated heterocycles. The van der Waals surface area contributed by atoms with E-state index in [9.17, 15) is 0 Å². The van der Waals surface area contributed by atoms with Crippen LogP contribution in [-0.4, -0.2) is 14.3 Å². The van der Waals surface area contributed by atoms with Gasteiger partial charge in [0.05, 0.1) is 0 Å². The van der Waals surface area contributed by atoms with Crippen LogP contribution >= 0.6 is 0 Å². The number of hydrogen-bond acceptors (Lipinski definition) is 1. The van der Waals surface area contributed by atoms with Crippen LogP contribution in [0.3, 0.4) is 0 Å². The van der Waals surface area contributed by atoms with Crippen LogP contribution < -0.4 is 24.8 Å². The molecule has 1 nitrogen and oxygen atoms in total. The maximum atomic E-state index is 4.19. The molecule has 5 heteroatoms. The first kappa shape index (κ1) is 26.4. The van der Waals surface area contributed by atoms with Crippen LogP contribution in [0.2, 0.25) is 13.1 Å². The fourth-order valence-electron chi connectivity index (χ4n) is 5.72. The van der Waals surface area contributed by atoms with Gasteiger partial charge in [-0.3, -0.25) is 4.99 Å². The van der Waals surface area contributed by atoms with E-state index in [4.69, 9.17) is 0 Å². The number of hydrogen-bond donors (Lipinski definition) is 0. The molecule has 33 heavy (non-hydrogen) atoms. The monoisotopic (exact) mass is 566 g/mol. The Morgan fingerprint density at radius 3 is 2.24 bits per heavy atom. The third-order valence-electron chi connectivity index (χ3n) is 7.08. The Morgan fingerprint density at radius 2 is 1.64 bits per heavy atom. The Bertz CT molecular complexity index is 1250. The second kappa shape index (κ2) is 9.78. The van der Waals surface area contributed by atoms with Gasteiger partial charge in [0, 0.05) is 23.6 Å². The summed E-state index contributed by atoms with van der Waals surface area (Å²) in [5.74, 6) is 0.639. The van der Waals surface area contributed by atoms with Gasteiger partial charge in [0.15, 0.2) is 0 Å². The summed E-state index contributed by atoms with van der Waals surface area (Å²) >= 11 is 1.60. The molecule has 2 bridgehead atoms. The Morgan fingerprint density at radius 1 is 0.939 bits per heavy atom. The standard InChI is InChI=1S/C18H17.C10H11NSi.2ClH.Zr/c1-13(2)16-11-15-9-6-10-17(18(15)12-16)14-7-4-3-5-8-14;1-6-9-7-4-11-5-8(7)10(6)12(9,2)3;;;/h3-13H,1-2H3;4-5H,1-3H3;2*1H;/q;;;;+2/p-2. The van der Waals surface area contributed by atoms with E-state index in [2.05, 4.69) is 93.5 Å². The van der Waals surface area contributed by atoms with Crippen molar-refractivity contribution in [2.75, 3.05) is 0 Å². The largest absolute Gasteiger partial charge is 1.00 e. The second-order valence-electron chi connectivity index (χ2n) is 9.64. The number of nitrogens with zero attached hydrogens (tertiary/aromatic N) is 1. The van der Waals surface area contributed by atoms with Gasteiger partial charge in [-0.15, -0.1) is 0 Å². The molecule has 167 valence electrons. The van der Waals surface area contributed by atoms with Gasteiger partial charge in [0.25, 0.3) is 0 Å². The van der Waals surface area contributed by atoms with Crippen molar-refractivity contribution in [3.63, 3.8) is 0 Å². The number of allylic oxidation sites excluding steroid dienone is 6.